The number of carbonyl (C=O) groups excluding carboxylic acids is 1. The highest BCUT2D eigenvalue weighted by atomic mass is 19.4. The summed E-state index contributed by atoms with van der Waals surface area (Å²) < 4.78 is 53.3. The number of aromatic nitrogens is 2. The average Bonchev–Trinajstić information content (AvgIpc) is 3.05. The van der Waals surface area contributed by atoms with Gasteiger partial charge in [0.05, 0.1) is 0 Å². The SMILES string of the molecule is O=C(Cn1ccc(C(F)(F)F)n1)Oc1ccc2c(c1)OCO2. The van der Waals surface area contributed by atoms with Gasteiger partial charge in [0.2, 0.25) is 6.79 Å². The minimum Gasteiger partial charge on any atom is -0.454 e. The number of nitrogens with zero attached hydrogens (tertiary/aromatic N) is 2. The number of esters is 1. The molecule has 0 aliphatic carbocycles. The summed E-state index contributed by atoms with van der Waals surface area (Å²) in [4.78, 5) is 11.7. The summed E-state index contributed by atoms with van der Waals surface area (Å²) in [7, 11) is 0. The van der Waals surface area contributed by atoms with Crippen LogP contribution in [0.5, 0.6) is 17.2 Å². The number of rotatable bonds is 3. The maximum absolute atomic E-state index is 12.4. The number of fused-ring (bicyclic) bond motifs is 1. The van der Waals surface area contributed by atoms with Gasteiger partial charge in [-0.15, -0.1) is 0 Å². The third-order valence-corrected chi connectivity index (χ3v) is 2.80. The Bertz CT molecular complexity index is 712. The molecule has 0 radical (unpaired) electrons. The van der Waals surface area contributed by atoms with Crippen LogP contribution in [0, 0.1) is 0 Å². The standard InChI is InChI=1S/C13H9F3N2O4/c14-13(15,16)11-3-4-18(17-11)6-12(19)22-8-1-2-9-10(5-8)21-7-20-9/h1-5H,6-7H2. The first-order valence-corrected chi connectivity index (χ1v) is 6.13. The topological polar surface area (TPSA) is 62.6 Å². The maximum atomic E-state index is 12.4. The van der Waals surface area contributed by atoms with E-state index in [-0.39, 0.29) is 12.5 Å². The summed E-state index contributed by atoms with van der Waals surface area (Å²) in [5, 5.41) is 3.27. The van der Waals surface area contributed by atoms with Crippen LogP contribution in [0.2, 0.25) is 0 Å². The fraction of sp³-hybridized carbons (Fsp3) is 0.231. The zero-order valence-electron chi connectivity index (χ0n) is 11.0. The molecule has 0 fully saturated rings. The minimum absolute atomic E-state index is 0.0836. The molecule has 1 aromatic carbocycles. The second kappa shape index (κ2) is 5.24. The van der Waals surface area contributed by atoms with Gasteiger partial charge >= 0.3 is 12.1 Å². The Kier molecular flexibility index (Phi) is 3.39. The fourth-order valence-corrected chi connectivity index (χ4v) is 1.84. The second-order valence-corrected chi connectivity index (χ2v) is 4.39. The van der Waals surface area contributed by atoms with E-state index in [0.717, 1.165) is 16.9 Å². The van der Waals surface area contributed by atoms with Gasteiger partial charge in [0.15, 0.2) is 17.2 Å². The zero-order chi connectivity index (χ0) is 15.7. The smallest absolute Gasteiger partial charge is 0.435 e. The molecule has 2 aromatic rings. The normalized spacial score (nSPS) is 13.2. The van der Waals surface area contributed by atoms with Crippen molar-refractivity contribution in [2.24, 2.45) is 0 Å². The number of hydrogen-bond donors (Lipinski definition) is 0. The Morgan fingerprint density at radius 2 is 2.05 bits per heavy atom. The molecule has 22 heavy (non-hydrogen) atoms. The lowest BCUT2D eigenvalue weighted by Crippen LogP contribution is -2.17. The van der Waals surface area contributed by atoms with Crippen molar-refractivity contribution >= 4 is 5.97 Å². The molecule has 6 nitrogen and oxygen atoms in total. The molecule has 0 atom stereocenters. The van der Waals surface area contributed by atoms with Gasteiger partial charge in [0.1, 0.15) is 12.3 Å². The molecule has 0 unspecified atom stereocenters. The first kappa shape index (κ1) is 14.2. The molecular formula is C13H9F3N2O4. The molecule has 0 N–H and O–H groups in total. The molecule has 116 valence electrons. The van der Waals surface area contributed by atoms with Crippen molar-refractivity contribution in [3.05, 3.63) is 36.2 Å². The van der Waals surface area contributed by atoms with Gasteiger partial charge in [-0.25, -0.2) is 4.79 Å². The molecule has 0 amide bonds. The third-order valence-electron chi connectivity index (χ3n) is 2.80. The van der Waals surface area contributed by atoms with Crippen LogP contribution < -0.4 is 14.2 Å². The number of halogens is 3. The van der Waals surface area contributed by atoms with Crippen LogP contribution in [0.1, 0.15) is 5.69 Å². The molecule has 0 saturated heterocycles. The van der Waals surface area contributed by atoms with Crippen molar-refractivity contribution in [3.63, 3.8) is 0 Å². The van der Waals surface area contributed by atoms with E-state index >= 15 is 0 Å². The summed E-state index contributed by atoms with van der Waals surface area (Å²) in [5.74, 6) is 0.415. The van der Waals surface area contributed by atoms with Crippen LogP contribution in [-0.2, 0) is 17.5 Å². The first-order valence-electron chi connectivity index (χ1n) is 6.13. The molecule has 3 rings (SSSR count). The van der Waals surface area contributed by atoms with E-state index in [1.807, 2.05) is 0 Å². The van der Waals surface area contributed by atoms with Gasteiger partial charge < -0.3 is 14.2 Å². The number of carbonyl (C=O) groups is 1. The largest absolute Gasteiger partial charge is 0.454 e. The molecular weight excluding hydrogens is 305 g/mol. The second-order valence-electron chi connectivity index (χ2n) is 4.39. The Labute approximate surface area is 122 Å². The van der Waals surface area contributed by atoms with Crippen molar-refractivity contribution in [1.82, 2.24) is 9.78 Å². The molecule has 9 heteroatoms. The van der Waals surface area contributed by atoms with Crippen LogP contribution in [-0.4, -0.2) is 22.5 Å². The van der Waals surface area contributed by atoms with Crippen LogP contribution in [0.4, 0.5) is 13.2 Å². The van der Waals surface area contributed by atoms with Crippen molar-refractivity contribution in [1.29, 1.82) is 0 Å². The van der Waals surface area contributed by atoms with E-state index in [1.54, 1.807) is 6.07 Å². The maximum Gasteiger partial charge on any atom is 0.435 e. The van der Waals surface area contributed by atoms with E-state index < -0.39 is 24.4 Å². The Hall–Kier alpha value is -2.71. The molecule has 0 saturated carbocycles. The molecule has 1 aliphatic heterocycles. The third kappa shape index (κ3) is 2.97. The lowest BCUT2D eigenvalue weighted by Gasteiger charge is -2.05. The summed E-state index contributed by atoms with van der Waals surface area (Å²) in [6.45, 7) is -0.356. The van der Waals surface area contributed by atoms with Gasteiger partial charge in [-0.05, 0) is 18.2 Å². The average molecular weight is 314 g/mol. The lowest BCUT2D eigenvalue weighted by molar-refractivity contribution is -0.142. The van der Waals surface area contributed by atoms with Crippen molar-refractivity contribution in [2.45, 2.75) is 12.7 Å². The number of alkyl halides is 3. The van der Waals surface area contributed by atoms with E-state index in [9.17, 15) is 18.0 Å². The van der Waals surface area contributed by atoms with Crippen LogP contribution in [0.25, 0.3) is 0 Å². The molecule has 2 heterocycles. The van der Waals surface area contributed by atoms with Gasteiger partial charge in [-0.1, -0.05) is 0 Å². The predicted octanol–water partition coefficient (Wildman–Crippen LogP) is 2.24. The number of benzene rings is 1. The van der Waals surface area contributed by atoms with Gasteiger partial charge in [-0.3, -0.25) is 4.68 Å². The number of hydrogen-bond acceptors (Lipinski definition) is 5. The minimum atomic E-state index is -4.55. The zero-order valence-corrected chi connectivity index (χ0v) is 11.0. The van der Waals surface area contributed by atoms with Crippen molar-refractivity contribution < 1.29 is 32.2 Å². The van der Waals surface area contributed by atoms with Crippen molar-refractivity contribution in [2.75, 3.05) is 6.79 Å². The molecule has 1 aliphatic rings. The van der Waals surface area contributed by atoms with Crippen LogP contribution in [0.15, 0.2) is 30.5 Å². The molecule has 1 aromatic heterocycles. The summed E-state index contributed by atoms with van der Waals surface area (Å²) in [5.41, 5.74) is -1.07. The summed E-state index contributed by atoms with van der Waals surface area (Å²) >= 11 is 0. The van der Waals surface area contributed by atoms with Crippen LogP contribution >= 0.6 is 0 Å². The quantitative estimate of drug-likeness (QED) is 0.642. The van der Waals surface area contributed by atoms with Gasteiger partial charge in [0, 0.05) is 12.3 Å². The highest BCUT2D eigenvalue weighted by Crippen LogP contribution is 2.35. The van der Waals surface area contributed by atoms with E-state index in [4.69, 9.17) is 14.2 Å². The van der Waals surface area contributed by atoms with E-state index in [2.05, 4.69) is 5.10 Å². The molecule has 0 spiro atoms. The van der Waals surface area contributed by atoms with Crippen LogP contribution in [0.3, 0.4) is 0 Å². The summed E-state index contributed by atoms with van der Waals surface area (Å²) in [6, 6.07) is 5.31. The Morgan fingerprint density at radius 3 is 2.77 bits per heavy atom. The van der Waals surface area contributed by atoms with Gasteiger partial charge in [0.25, 0.3) is 0 Å². The predicted molar refractivity (Wildman–Crippen MR) is 65.4 cm³/mol. The highest BCUT2D eigenvalue weighted by molar-refractivity contribution is 5.72. The Balaban J connectivity index is 1.64. The number of ether oxygens (including phenoxy) is 3. The van der Waals surface area contributed by atoms with E-state index in [0.29, 0.717) is 11.5 Å². The first-order chi connectivity index (χ1) is 10.4. The highest BCUT2D eigenvalue weighted by Gasteiger charge is 2.33. The van der Waals surface area contributed by atoms with E-state index in [1.165, 1.54) is 12.1 Å². The van der Waals surface area contributed by atoms with Gasteiger partial charge in [-0.2, -0.15) is 18.3 Å². The molecule has 0 bridgehead atoms. The Morgan fingerprint density at radius 1 is 1.27 bits per heavy atom. The summed E-state index contributed by atoms with van der Waals surface area (Å²) in [6.07, 6.45) is -3.49. The fourth-order valence-electron chi connectivity index (χ4n) is 1.84. The van der Waals surface area contributed by atoms with Crippen molar-refractivity contribution in [3.8, 4) is 17.2 Å². The lowest BCUT2D eigenvalue weighted by atomic mass is 10.3. The monoisotopic (exact) mass is 314 g/mol.